The molecule has 0 aliphatic carbocycles. The van der Waals surface area contributed by atoms with Gasteiger partial charge in [-0.2, -0.15) is 0 Å². The van der Waals surface area contributed by atoms with E-state index in [0.29, 0.717) is 17.9 Å². The maximum absolute atomic E-state index is 10.7. The van der Waals surface area contributed by atoms with Crippen molar-refractivity contribution >= 4 is 6.29 Å². The number of hydrogen-bond acceptors (Lipinski definition) is 4. The van der Waals surface area contributed by atoms with Crippen LogP contribution in [0.4, 0.5) is 0 Å². The Morgan fingerprint density at radius 1 is 1.44 bits per heavy atom. The number of aldehydes is 1. The van der Waals surface area contributed by atoms with Crippen LogP contribution in [0.3, 0.4) is 0 Å². The zero-order valence-corrected chi connectivity index (χ0v) is 10.7. The molecule has 0 radical (unpaired) electrons. The third-order valence-corrected chi connectivity index (χ3v) is 2.87. The van der Waals surface area contributed by atoms with Crippen molar-refractivity contribution in [1.29, 1.82) is 0 Å². The van der Waals surface area contributed by atoms with Crippen molar-refractivity contribution in [2.24, 2.45) is 0 Å². The first-order chi connectivity index (χ1) is 8.69. The predicted octanol–water partition coefficient (Wildman–Crippen LogP) is 3.03. The number of aromatic nitrogens is 1. The molecule has 4 nitrogen and oxygen atoms in total. The molecule has 94 valence electrons. The summed E-state index contributed by atoms with van der Waals surface area (Å²) < 4.78 is 10.3. The Balaban J connectivity index is 2.58. The minimum absolute atomic E-state index is 0.322. The fourth-order valence-electron chi connectivity index (χ4n) is 2.03. The lowest BCUT2D eigenvalue weighted by Gasteiger charge is -2.11. The highest BCUT2D eigenvalue weighted by atomic mass is 16.5. The quantitative estimate of drug-likeness (QED) is 0.777. The number of ether oxygens (including phenoxy) is 1. The summed E-state index contributed by atoms with van der Waals surface area (Å²) in [5, 5.41) is 0. The summed E-state index contributed by atoms with van der Waals surface area (Å²) >= 11 is 0. The summed E-state index contributed by atoms with van der Waals surface area (Å²) in [6.07, 6.45) is 3.14. The van der Waals surface area contributed by atoms with E-state index in [0.717, 1.165) is 28.8 Å². The summed E-state index contributed by atoms with van der Waals surface area (Å²) in [5.41, 5.74) is 3.87. The molecule has 0 spiro atoms. The fraction of sp³-hybridized carbons (Fsp3) is 0.286. The van der Waals surface area contributed by atoms with Crippen molar-refractivity contribution < 1.29 is 13.9 Å². The highest BCUT2D eigenvalue weighted by Crippen LogP contribution is 2.30. The topological polar surface area (TPSA) is 52.3 Å². The van der Waals surface area contributed by atoms with Crippen LogP contribution in [0.1, 0.15) is 28.7 Å². The summed E-state index contributed by atoms with van der Waals surface area (Å²) in [4.78, 5) is 15.0. The molecule has 0 N–H and O–H groups in total. The second-order valence-corrected chi connectivity index (χ2v) is 3.99. The average molecular weight is 245 g/mol. The van der Waals surface area contributed by atoms with Gasteiger partial charge in [0.2, 0.25) is 5.88 Å². The molecule has 0 saturated heterocycles. The van der Waals surface area contributed by atoms with Crippen LogP contribution in [-0.4, -0.2) is 18.4 Å². The molecule has 0 atom stereocenters. The lowest BCUT2D eigenvalue weighted by Crippen LogP contribution is -1.97. The number of furan rings is 1. The van der Waals surface area contributed by atoms with Gasteiger partial charge in [0.25, 0.3) is 0 Å². The second kappa shape index (κ2) is 5.04. The van der Waals surface area contributed by atoms with Crippen LogP contribution in [0.5, 0.6) is 5.88 Å². The highest BCUT2D eigenvalue weighted by Gasteiger charge is 2.13. The van der Waals surface area contributed by atoms with E-state index in [9.17, 15) is 4.79 Å². The average Bonchev–Trinajstić information content (AvgIpc) is 2.85. The van der Waals surface area contributed by atoms with Crippen molar-refractivity contribution in [3.05, 3.63) is 35.4 Å². The van der Waals surface area contributed by atoms with Crippen molar-refractivity contribution in [3.63, 3.8) is 0 Å². The molecule has 0 fully saturated rings. The van der Waals surface area contributed by atoms with Gasteiger partial charge in [0.1, 0.15) is 0 Å². The van der Waals surface area contributed by atoms with Crippen LogP contribution in [0.15, 0.2) is 22.8 Å². The first kappa shape index (κ1) is 12.4. The van der Waals surface area contributed by atoms with Gasteiger partial charge in [0.15, 0.2) is 12.0 Å². The Morgan fingerprint density at radius 3 is 2.78 bits per heavy atom. The number of aryl methyl sites for hydroxylation is 2. The largest absolute Gasteiger partial charge is 0.481 e. The molecule has 2 rings (SSSR count). The van der Waals surface area contributed by atoms with Crippen molar-refractivity contribution in [2.45, 2.75) is 20.3 Å². The van der Waals surface area contributed by atoms with E-state index in [1.165, 1.54) is 0 Å². The normalized spacial score (nSPS) is 10.4. The first-order valence-electron chi connectivity index (χ1n) is 5.78. The SMILES string of the molecule is CCc1cc(OC)nc(C)c1-c1coc(C=O)c1. The first-order valence-corrected chi connectivity index (χ1v) is 5.78. The molecule has 2 heterocycles. The van der Waals surface area contributed by atoms with Gasteiger partial charge in [0, 0.05) is 22.9 Å². The Morgan fingerprint density at radius 2 is 2.22 bits per heavy atom. The molecular formula is C14H15NO3. The summed E-state index contributed by atoms with van der Waals surface area (Å²) in [6.45, 7) is 3.99. The van der Waals surface area contributed by atoms with Gasteiger partial charge in [-0.25, -0.2) is 4.98 Å². The van der Waals surface area contributed by atoms with E-state index in [-0.39, 0.29) is 0 Å². The highest BCUT2D eigenvalue weighted by molar-refractivity contribution is 5.77. The third kappa shape index (κ3) is 2.14. The molecule has 18 heavy (non-hydrogen) atoms. The summed E-state index contributed by atoms with van der Waals surface area (Å²) in [6, 6.07) is 3.64. The molecular weight excluding hydrogens is 230 g/mol. The van der Waals surface area contributed by atoms with E-state index in [1.807, 2.05) is 13.0 Å². The molecule has 0 aromatic carbocycles. The van der Waals surface area contributed by atoms with Gasteiger partial charge < -0.3 is 9.15 Å². The maximum Gasteiger partial charge on any atom is 0.213 e. The monoisotopic (exact) mass is 245 g/mol. The molecule has 4 heteroatoms. The predicted molar refractivity (Wildman–Crippen MR) is 68.0 cm³/mol. The fourth-order valence-corrected chi connectivity index (χ4v) is 2.03. The third-order valence-electron chi connectivity index (χ3n) is 2.87. The van der Waals surface area contributed by atoms with Gasteiger partial charge in [0.05, 0.1) is 13.4 Å². The van der Waals surface area contributed by atoms with Crippen molar-refractivity contribution in [1.82, 2.24) is 4.98 Å². The standard InChI is InChI=1S/C14H15NO3/c1-4-10-6-13(17-3)15-9(2)14(10)11-5-12(7-16)18-8-11/h5-8H,4H2,1-3H3. The Kier molecular flexibility index (Phi) is 3.46. The summed E-state index contributed by atoms with van der Waals surface area (Å²) in [5.74, 6) is 0.925. The number of carbonyl (C=O) groups is 1. The van der Waals surface area contributed by atoms with Crippen LogP contribution < -0.4 is 4.74 Å². The van der Waals surface area contributed by atoms with Crippen LogP contribution in [0, 0.1) is 6.92 Å². The van der Waals surface area contributed by atoms with Gasteiger partial charge >= 0.3 is 0 Å². The number of pyridine rings is 1. The van der Waals surface area contributed by atoms with Crippen LogP contribution >= 0.6 is 0 Å². The Bertz CT molecular complexity index is 572. The zero-order chi connectivity index (χ0) is 13.1. The maximum atomic E-state index is 10.7. The van der Waals surface area contributed by atoms with Gasteiger partial charge in [-0.05, 0) is 25.0 Å². The van der Waals surface area contributed by atoms with Crippen LogP contribution in [0.25, 0.3) is 11.1 Å². The van der Waals surface area contributed by atoms with Gasteiger partial charge in [-0.1, -0.05) is 6.92 Å². The van der Waals surface area contributed by atoms with Crippen LogP contribution in [-0.2, 0) is 6.42 Å². The number of rotatable bonds is 4. The van der Waals surface area contributed by atoms with Crippen molar-refractivity contribution in [3.8, 4) is 17.0 Å². The number of nitrogens with zero attached hydrogens (tertiary/aromatic N) is 1. The lowest BCUT2D eigenvalue weighted by atomic mass is 9.99. The molecule has 0 aliphatic rings. The molecule has 0 bridgehead atoms. The number of carbonyl (C=O) groups excluding carboxylic acids is 1. The number of hydrogen-bond donors (Lipinski definition) is 0. The second-order valence-electron chi connectivity index (χ2n) is 3.99. The van der Waals surface area contributed by atoms with E-state index >= 15 is 0 Å². The molecule has 0 saturated carbocycles. The van der Waals surface area contributed by atoms with E-state index in [2.05, 4.69) is 11.9 Å². The summed E-state index contributed by atoms with van der Waals surface area (Å²) in [7, 11) is 1.60. The number of methoxy groups -OCH3 is 1. The van der Waals surface area contributed by atoms with Crippen LogP contribution in [0.2, 0.25) is 0 Å². The molecule has 2 aromatic rings. The van der Waals surface area contributed by atoms with Crippen molar-refractivity contribution in [2.75, 3.05) is 7.11 Å². The zero-order valence-electron chi connectivity index (χ0n) is 10.7. The van der Waals surface area contributed by atoms with Gasteiger partial charge in [-0.3, -0.25) is 4.79 Å². The molecule has 0 unspecified atom stereocenters. The minimum Gasteiger partial charge on any atom is -0.481 e. The molecule has 0 aliphatic heterocycles. The molecule has 0 amide bonds. The smallest absolute Gasteiger partial charge is 0.213 e. The van der Waals surface area contributed by atoms with E-state index in [4.69, 9.17) is 9.15 Å². The Labute approximate surface area is 106 Å². The van der Waals surface area contributed by atoms with E-state index < -0.39 is 0 Å². The Hall–Kier alpha value is -2.10. The minimum atomic E-state index is 0.322. The van der Waals surface area contributed by atoms with E-state index in [1.54, 1.807) is 19.4 Å². The lowest BCUT2D eigenvalue weighted by molar-refractivity contribution is 0.110. The molecule has 2 aromatic heterocycles. The van der Waals surface area contributed by atoms with Gasteiger partial charge in [-0.15, -0.1) is 0 Å².